The van der Waals surface area contributed by atoms with Crippen molar-refractivity contribution in [1.82, 2.24) is 0 Å². The van der Waals surface area contributed by atoms with Crippen LogP contribution in [-0.4, -0.2) is 6.18 Å². The maximum absolute atomic E-state index is 12.0. The van der Waals surface area contributed by atoms with E-state index in [0.29, 0.717) is 5.57 Å². The number of rotatable bonds is 2. The Kier molecular flexibility index (Phi) is 4.27. The highest BCUT2D eigenvalue weighted by Crippen LogP contribution is 2.28. The molecule has 0 atom stereocenters. The van der Waals surface area contributed by atoms with Crippen LogP contribution in [0.25, 0.3) is 0 Å². The summed E-state index contributed by atoms with van der Waals surface area (Å²) in [4.78, 5) is 0. The zero-order valence-corrected chi connectivity index (χ0v) is 8.13. The predicted molar refractivity (Wildman–Crippen MR) is 48.6 cm³/mol. The van der Waals surface area contributed by atoms with E-state index in [4.69, 9.17) is 11.6 Å². The molecule has 0 bridgehead atoms. The van der Waals surface area contributed by atoms with Crippen LogP contribution < -0.4 is 0 Å². The van der Waals surface area contributed by atoms with E-state index in [0.717, 1.165) is 6.08 Å². The van der Waals surface area contributed by atoms with E-state index in [1.807, 2.05) is 0 Å². The van der Waals surface area contributed by atoms with Crippen molar-refractivity contribution >= 4 is 11.6 Å². The third-order valence-corrected chi connectivity index (χ3v) is 1.88. The lowest BCUT2D eigenvalue weighted by atomic mass is 10.2. The summed E-state index contributed by atoms with van der Waals surface area (Å²) >= 11 is 5.56. The van der Waals surface area contributed by atoms with Gasteiger partial charge in [0.25, 0.3) is 0 Å². The van der Waals surface area contributed by atoms with E-state index in [9.17, 15) is 13.2 Å². The van der Waals surface area contributed by atoms with Gasteiger partial charge in [0, 0.05) is 10.6 Å². The van der Waals surface area contributed by atoms with Crippen molar-refractivity contribution in [2.24, 2.45) is 0 Å². The molecule has 0 saturated heterocycles. The summed E-state index contributed by atoms with van der Waals surface area (Å²) < 4.78 is 35.9. The lowest BCUT2D eigenvalue weighted by Gasteiger charge is -2.06. The average Bonchev–Trinajstić information content (AvgIpc) is 2.01. The van der Waals surface area contributed by atoms with Gasteiger partial charge in [-0.15, -0.1) is 0 Å². The molecule has 0 aliphatic heterocycles. The summed E-state index contributed by atoms with van der Waals surface area (Å²) in [6.45, 7) is 6.19. The second-order valence-corrected chi connectivity index (χ2v) is 2.89. The van der Waals surface area contributed by atoms with Gasteiger partial charge < -0.3 is 0 Å². The molecule has 0 radical (unpaired) electrons. The molecule has 0 heterocycles. The maximum atomic E-state index is 12.0. The predicted octanol–water partition coefficient (Wildman–Crippen LogP) is 4.19. The molecule has 0 rings (SSSR count). The summed E-state index contributed by atoms with van der Waals surface area (Å²) in [5.41, 5.74) is -0.356. The lowest BCUT2D eigenvalue weighted by Crippen LogP contribution is -2.08. The van der Waals surface area contributed by atoms with Crippen molar-refractivity contribution in [1.29, 1.82) is 0 Å². The number of halogens is 4. The first kappa shape index (κ1) is 12.3. The van der Waals surface area contributed by atoms with Gasteiger partial charge in [0.1, 0.15) is 0 Å². The maximum Gasteiger partial charge on any atom is 0.415 e. The second-order valence-electron chi connectivity index (χ2n) is 2.49. The van der Waals surface area contributed by atoms with Gasteiger partial charge >= 0.3 is 6.18 Å². The van der Waals surface area contributed by atoms with Gasteiger partial charge in [-0.2, -0.15) is 13.2 Å². The minimum atomic E-state index is -4.41. The first-order valence-corrected chi connectivity index (χ1v) is 3.93. The van der Waals surface area contributed by atoms with E-state index < -0.39 is 11.7 Å². The molecule has 0 unspecified atom stereocenters. The normalized spacial score (nSPS) is 14.6. The zero-order chi connectivity index (χ0) is 10.6. The molecular formula is C9H10ClF3. The Morgan fingerprint density at radius 3 is 2.15 bits per heavy atom. The van der Waals surface area contributed by atoms with Crippen LogP contribution in [-0.2, 0) is 0 Å². The van der Waals surface area contributed by atoms with E-state index >= 15 is 0 Å². The third-order valence-electron chi connectivity index (χ3n) is 1.47. The van der Waals surface area contributed by atoms with E-state index in [1.54, 1.807) is 19.9 Å². The second kappa shape index (κ2) is 4.51. The lowest BCUT2D eigenvalue weighted by molar-refractivity contribution is -0.0878. The molecule has 74 valence electrons. The van der Waals surface area contributed by atoms with Gasteiger partial charge in [-0.1, -0.05) is 24.3 Å². The molecule has 0 amide bonds. The Labute approximate surface area is 80.4 Å². The SMILES string of the molecule is C=C(/C=C(Cl)\C(C)=C/C)C(F)(F)F. The molecule has 0 aromatic carbocycles. The Hall–Kier alpha value is -0.700. The molecule has 4 heteroatoms. The molecule has 13 heavy (non-hydrogen) atoms. The Balaban J connectivity index is 4.69. The summed E-state index contributed by atoms with van der Waals surface area (Å²) in [5, 5.41) is 0.0600. The molecule has 0 spiro atoms. The third kappa shape index (κ3) is 4.18. The molecule has 0 fully saturated rings. The van der Waals surface area contributed by atoms with Crippen LogP contribution in [0.15, 0.2) is 34.9 Å². The molecule has 0 N–H and O–H groups in total. The average molecular weight is 211 g/mol. The van der Waals surface area contributed by atoms with Crippen molar-refractivity contribution < 1.29 is 13.2 Å². The fourth-order valence-electron chi connectivity index (χ4n) is 0.487. The van der Waals surface area contributed by atoms with E-state index in [2.05, 4.69) is 6.58 Å². The van der Waals surface area contributed by atoms with Crippen molar-refractivity contribution in [3.63, 3.8) is 0 Å². The van der Waals surface area contributed by atoms with Crippen LogP contribution in [0.5, 0.6) is 0 Å². The Morgan fingerprint density at radius 2 is 1.85 bits per heavy atom. The van der Waals surface area contributed by atoms with Gasteiger partial charge in [0.05, 0.1) is 0 Å². The van der Waals surface area contributed by atoms with Crippen molar-refractivity contribution in [2.75, 3.05) is 0 Å². The zero-order valence-electron chi connectivity index (χ0n) is 7.37. The Bertz CT molecular complexity index is 259. The summed E-state index contributed by atoms with van der Waals surface area (Å²) in [5.74, 6) is 0. The summed E-state index contributed by atoms with van der Waals surface area (Å²) in [6.07, 6.45) is -1.96. The van der Waals surface area contributed by atoms with Gasteiger partial charge in [0.2, 0.25) is 0 Å². The van der Waals surface area contributed by atoms with Gasteiger partial charge in [-0.05, 0) is 25.5 Å². The molecule has 0 saturated carbocycles. The summed E-state index contributed by atoms with van der Waals surface area (Å²) in [6, 6.07) is 0. The van der Waals surface area contributed by atoms with Crippen LogP contribution in [0, 0.1) is 0 Å². The minimum absolute atomic E-state index is 0.0600. The van der Waals surface area contributed by atoms with E-state index in [-0.39, 0.29) is 5.03 Å². The number of hydrogen-bond donors (Lipinski definition) is 0. The quantitative estimate of drug-likeness (QED) is 0.600. The van der Waals surface area contributed by atoms with Gasteiger partial charge in [-0.25, -0.2) is 0 Å². The topological polar surface area (TPSA) is 0 Å². The molecular weight excluding hydrogens is 201 g/mol. The number of allylic oxidation sites excluding steroid dienone is 5. The molecule has 0 aromatic rings. The van der Waals surface area contributed by atoms with E-state index in [1.165, 1.54) is 0 Å². The first-order valence-electron chi connectivity index (χ1n) is 3.55. The van der Waals surface area contributed by atoms with Crippen LogP contribution in [0.2, 0.25) is 0 Å². The van der Waals surface area contributed by atoms with Crippen LogP contribution in [0.1, 0.15) is 13.8 Å². The molecule has 0 nitrogen and oxygen atoms in total. The molecule has 0 aliphatic carbocycles. The molecule has 0 aliphatic rings. The van der Waals surface area contributed by atoms with Gasteiger partial charge in [-0.3, -0.25) is 0 Å². The number of alkyl halides is 3. The highest BCUT2D eigenvalue weighted by Gasteiger charge is 2.30. The highest BCUT2D eigenvalue weighted by molar-refractivity contribution is 6.32. The Morgan fingerprint density at radius 1 is 1.38 bits per heavy atom. The fraction of sp³-hybridized carbons (Fsp3) is 0.333. The van der Waals surface area contributed by atoms with Crippen LogP contribution in [0.3, 0.4) is 0 Å². The monoisotopic (exact) mass is 210 g/mol. The molecule has 0 aromatic heterocycles. The highest BCUT2D eigenvalue weighted by atomic mass is 35.5. The standard InChI is InChI=1S/C9H10ClF3/c1-4-6(2)8(10)5-7(3)9(11,12)13/h4-5H,3H2,1-2H3/b6-4-,8-5+. The largest absolute Gasteiger partial charge is 0.415 e. The minimum Gasteiger partial charge on any atom is -0.166 e. The van der Waals surface area contributed by atoms with Crippen LogP contribution in [0.4, 0.5) is 13.2 Å². The van der Waals surface area contributed by atoms with Crippen molar-refractivity contribution in [3.05, 3.63) is 34.9 Å². The van der Waals surface area contributed by atoms with Crippen molar-refractivity contribution in [2.45, 2.75) is 20.0 Å². The van der Waals surface area contributed by atoms with Gasteiger partial charge in [0.15, 0.2) is 0 Å². The number of hydrogen-bond acceptors (Lipinski definition) is 0. The summed E-state index contributed by atoms with van der Waals surface area (Å²) in [7, 11) is 0. The fourth-order valence-corrected chi connectivity index (χ4v) is 0.727. The van der Waals surface area contributed by atoms with Crippen LogP contribution >= 0.6 is 11.6 Å². The van der Waals surface area contributed by atoms with Crippen molar-refractivity contribution in [3.8, 4) is 0 Å². The smallest absolute Gasteiger partial charge is 0.166 e. The first-order chi connectivity index (χ1) is 5.79.